The Morgan fingerprint density at radius 1 is 0.967 bits per heavy atom. The van der Waals surface area contributed by atoms with Crippen LogP contribution in [0.5, 0.6) is 0 Å². The molecule has 0 aliphatic heterocycles. The highest BCUT2D eigenvalue weighted by atomic mass is 79.9. The normalized spacial score (nSPS) is 16.2. The molecule has 0 amide bonds. The first-order valence-corrected chi connectivity index (χ1v) is 12.1. The van der Waals surface area contributed by atoms with Crippen LogP contribution in [0.1, 0.15) is 31.2 Å². The molecule has 30 heavy (non-hydrogen) atoms. The molecule has 3 aromatic carbocycles. The van der Waals surface area contributed by atoms with Crippen LogP contribution in [0.3, 0.4) is 0 Å². The van der Waals surface area contributed by atoms with Gasteiger partial charge in [0, 0.05) is 4.47 Å². The molecular formula is C23H22BrNO4S. The summed E-state index contributed by atoms with van der Waals surface area (Å²) in [5, 5.41) is 11.4. The molecular weight excluding hydrogens is 466 g/mol. The molecule has 0 spiro atoms. The topological polar surface area (TPSA) is 74.7 Å². The van der Waals surface area contributed by atoms with Gasteiger partial charge in [0.25, 0.3) is 0 Å². The van der Waals surface area contributed by atoms with Crippen molar-refractivity contribution < 1.29 is 18.3 Å². The first-order valence-electron chi connectivity index (χ1n) is 9.82. The average Bonchev–Trinajstić information content (AvgIpc) is 3.22. The highest BCUT2D eigenvalue weighted by molar-refractivity contribution is 9.10. The summed E-state index contributed by atoms with van der Waals surface area (Å²) < 4.78 is 29.7. The van der Waals surface area contributed by atoms with Crippen LogP contribution in [-0.4, -0.2) is 30.3 Å². The zero-order valence-electron chi connectivity index (χ0n) is 16.3. The summed E-state index contributed by atoms with van der Waals surface area (Å²) in [5.74, 6) is -1.16. The van der Waals surface area contributed by atoms with E-state index in [0.29, 0.717) is 12.8 Å². The molecule has 4 rings (SSSR count). The molecule has 0 heterocycles. The van der Waals surface area contributed by atoms with E-state index < -0.39 is 28.1 Å². The molecule has 5 nitrogen and oxygen atoms in total. The van der Waals surface area contributed by atoms with Crippen molar-refractivity contribution in [3.8, 4) is 0 Å². The van der Waals surface area contributed by atoms with E-state index in [0.717, 1.165) is 33.7 Å². The number of rotatable bonds is 6. The third-order valence-electron chi connectivity index (χ3n) is 5.88. The van der Waals surface area contributed by atoms with Gasteiger partial charge in [0.1, 0.15) is 6.54 Å². The lowest BCUT2D eigenvalue weighted by Crippen LogP contribution is -2.50. The molecule has 1 aliphatic rings. The van der Waals surface area contributed by atoms with E-state index in [4.69, 9.17) is 0 Å². The van der Waals surface area contributed by atoms with Gasteiger partial charge in [-0.3, -0.25) is 4.79 Å². The molecule has 0 unspecified atom stereocenters. The van der Waals surface area contributed by atoms with Gasteiger partial charge in [-0.15, -0.1) is 0 Å². The van der Waals surface area contributed by atoms with E-state index in [-0.39, 0.29) is 4.90 Å². The fraction of sp³-hybridized carbons (Fsp3) is 0.261. The first kappa shape index (κ1) is 21.0. The lowest BCUT2D eigenvalue weighted by atomic mass is 9.88. The van der Waals surface area contributed by atoms with Crippen LogP contribution in [0.2, 0.25) is 0 Å². The Morgan fingerprint density at radius 3 is 2.23 bits per heavy atom. The second-order valence-electron chi connectivity index (χ2n) is 7.66. The third-order valence-corrected chi connectivity index (χ3v) is 8.31. The summed E-state index contributed by atoms with van der Waals surface area (Å²) in [4.78, 5) is 11.9. The SMILES string of the molecule is O=C(O)CN(C1(c2ccc(Br)cc2)CCCC1)S(=O)(=O)c1ccc2ccccc2c1. The fourth-order valence-electron chi connectivity index (χ4n) is 4.45. The van der Waals surface area contributed by atoms with Gasteiger partial charge in [-0.05, 0) is 53.4 Å². The Hall–Kier alpha value is -2.22. The molecule has 7 heteroatoms. The van der Waals surface area contributed by atoms with Crippen LogP contribution in [0.25, 0.3) is 10.8 Å². The van der Waals surface area contributed by atoms with Crippen molar-refractivity contribution in [3.63, 3.8) is 0 Å². The summed E-state index contributed by atoms with van der Waals surface area (Å²) in [5.41, 5.74) is -0.0439. The second kappa shape index (κ2) is 8.13. The monoisotopic (exact) mass is 487 g/mol. The van der Waals surface area contributed by atoms with E-state index >= 15 is 0 Å². The van der Waals surface area contributed by atoms with Crippen molar-refractivity contribution >= 4 is 42.7 Å². The van der Waals surface area contributed by atoms with Gasteiger partial charge in [0.15, 0.2) is 0 Å². The number of aliphatic carboxylic acids is 1. The number of nitrogens with zero attached hydrogens (tertiary/aromatic N) is 1. The van der Waals surface area contributed by atoms with Crippen molar-refractivity contribution in [3.05, 3.63) is 76.8 Å². The number of carboxylic acids is 1. The molecule has 0 aromatic heterocycles. The predicted octanol–water partition coefficient (Wildman–Crippen LogP) is 5.15. The van der Waals surface area contributed by atoms with Crippen LogP contribution in [-0.2, 0) is 20.4 Å². The quantitative estimate of drug-likeness (QED) is 0.521. The maximum atomic E-state index is 13.8. The molecule has 1 N–H and O–H groups in total. The largest absolute Gasteiger partial charge is 0.480 e. The van der Waals surface area contributed by atoms with Crippen molar-refractivity contribution in [2.75, 3.05) is 6.54 Å². The first-order chi connectivity index (χ1) is 14.3. The predicted molar refractivity (Wildman–Crippen MR) is 120 cm³/mol. The summed E-state index contributed by atoms with van der Waals surface area (Å²) in [6, 6.07) is 20.0. The lowest BCUT2D eigenvalue weighted by molar-refractivity contribution is -0.138. The zero-order valence-corrected chi connectivity index (χ0v) is 18.7. The maximum Gasteiger partial charge on any atom is 0.318 e. The van der Waals surface area contributed by atoms with Crippen LogP contribution in [0.4, 0.5) is 0 Å². The number of carbonyl (C=O) groups is 1. The number of hydrogen-bond acceptors (Lipinski definition) is 3. The van der Waals surface area contributed by atoms with Gasteiger partial charge in [-0.2, -0.15) is 4.31 Å². The molecule has 1 saturated carbocycles. The summed E-state index contributed by atoms with van der Waals surface area (Å²) in [7, 11) is -4.05. The molecule has 156 valence electrons. The van der Waals surface area contributed by atoms with Gasteiger partial charge >= 0.3 is 5.97 Å². The minimum absolute atomic E-state index is 0.117. The molecule has 3 aromatic rings. The van der Waals surface area contributed by atoms with Crippen LogP contribution < -0.4 is 0 Å². The number of hydrogen-bond donors (Lipinski definition) is 1. The van der Waals surface area contributed by atoms with E-state index in [1.807, 2.05) is 48.5 Å². The smallest absolute Gasteiger partial charge is 0.318 e. The maximum absolute atomic E-state index is 13.8. The molecule has 1 aliphatic carbocycles. The Labute approximate surface area is 184 Å². The van der Waals surface area contributed by atoms with Crippen LogP contribution in [0.15, 0.2) is 76.1 Å². The van der Waals surface area contributed by atoms with Gasteiger partial charge < -0.3 is 5.11 Å². The molecule has 0 bridgehead atoms. The van der Waals surface area contributed by atoms with Gasteiger partial charge in [-0.1, -0.05) is 71.2 Å². The highest BCUT2D eigenvalue weighted by Gasteiger charge is 2.48. The minimum atomic E-state index is -4.05. The molecule has 1 fully saturated rings. The van der Waals surface area contributed by atoms with Crippen LogP contribution in [0, 0.1) is 0 Å². The number of halogens is 1. The minimum Gasteiger partial charge on any atom is -0.480 e. The Bertz CT molecular complexity index is 1190. The summed E-state index contributed by atoms with van der Waals surface area (Å²) in [6.07, 6.45) is 2.88. The zero-order chi connectivity index (χ0) is 21.4. The highest BCUT2D eigenvalue weighted by Crippen LogP contribution is 2.46. The number of fused-ring (bicyclic) bond motifs is 1. The molecule has 0 atom stereocenters. The Balaban J connectivity index is 1.87. The van der Waals surface area contributed by atoms with Gasteiger partial charge in [0.2, 0.25) is 10.0 Å². The Kier molecular flexibility index (Phi) is 5.70. The lowest BCUT2D eigenvalue weighted by Gasteiger charge is -2.40. The average molecular weight is 488 g/mol. The van der Waals surface area contributed by atoms with Crippen molar-refractivity contribution in [2.45, 2.75) is 36.1 Å². The standard InChI is InChI=1S/C23H22BrNO4S/c24-20-10-8-19(9-11-20)23(13-3-4-14-23)25(16-22(26)27)30(28,29)21-12-7-17-5-1-2-6-18(17)15-21/h1-2,5-12,15H,3-4,13-14,16H2,(H,26,27). The van der Waals surface area contributed by atoms with E-state index in [2.05, 4.69) is 15.9 Å². The van der Waals surface area contributed by atoms with Crippen molar-refractivity contribution in [1.29, 1.82) is 0 Å². The summed E-state index contributed by atoms with van der Waals surface area (Å²) >= 11 is 3.42. The van der Waals surface area contributed by atoms with Crippen LogP contribution >= 0.6 is 15.9 Å². The fourth-order valence-corrected chi connectivity index (χ4v) is 6.51. The van der Waals surface area contributed by atoms with E-state index in [1.54, 1.807) is 18.2 Å². The number of benzene rings is 3. The van der Waals surface area contributed by atoms with E-state index in [1.165, 1.54) is 4.31 Å². The van der Waals surface area contributed by atoms with Crippen molar-refractivity contribution in [2.24, 2.45) is 0 Å². The Morgan fingerprint density at radius 2 is 1.60 bits per heavy atom. The number of carboxylic acid groups (broad SMARTS) is 1. The number of sulfonamides is 1. The summed E-state index contributed by atoms with van der Waals surface area (Å²) in [6.45, 7) is -0.578. The van der Waals surface area contributed by atoms with E-state index in [9.17, 15) is 18.3 Å². The van der Waals surface area contributed by atoms with Gasteiger partial charge in [-0.25, -0.2) is 8.42 Å². The van der Waals surface area contributed by atoms with Crippen molar-refractivity contribution in [1.82, 2.24) is 4.31 Å². The molecule has 0 radical (unpaired) electrons. The second-order valence-corrected chi connectivity index (χ2v) is 10.4. The van der Waals surface area contributed by atoms with Gasteiger partial charge in [0.05, 0.1) is 10.4 Å². The molecule has 0 saturated heterocycles. The third kappa shape index (κ3) is 3.77.